The molecular formula is C12H19NS. The number of benzene rings is 1. The van der Waals surface area contributed by atoms with Crippen LogP contribution >= 0.6 is 11.8 Å². The van der Waals surface area contributed by atoms with Crippen LogP contribution in [0.3, 0.4) is 0 Å². The van der Waals surface area contributed by atoms with Crippen LogP contribution in [0.1, 0.15) is 19.4 Å². The van der Waals surface area contributed by atoms with Gasteiger partial charge in [0.25, 0.3) is 0 Å². The van der Waals surface area contributed by atoms with Crippen LogP contribution < -0.4 is 5.73 Å². The molecule has 0 saturated carbocycles. The van der Waals surface area contributed by atoms with Crippen LogP contribution in [0, 0.1) is 12.8 Å². The number of hydrogen-bond acceptors (Lipinski definition) is 2. The summed E-state index contributed by atoms with van der Waals surface area (Å²) in [6.07, 6.45) is 0. The molecule has 78 valence electrons. The predicted octanol–water partition coefficient (Wildman–Crippen LogP) is 3.07. The van der Waals surface area contributed by atoms with Gasteiger partial charge < -0.3 is 5.73 Å². The van der Waals surface area contributed by atoms with Gasteiger partial charge in [-0.1, -0.05) is 31.5 Å². The quantitative estimate of drug-likeness (QED) is 0.771. The molecular weight excluding hydrogens is 190 g/mol. The lowest BCUT2D eigenvalue weighted by Crippen LogP contribution is -2.22. The van der Waals surface area contributed by atoms with Crippen LogP contribution in [0.5, 0.6) is 0 Å². The lowest BCUT2D eigenvalue weighted by Gasteiger charge is -2.18. The van der Waals surface area contributed by atoms with Gasteiger partial charge in [0.05, 0.1) is 0 Å². The van der Waals surface area contributed by atoms with Crippen LogP contribution in [0.25, 0.3) is 0 Å². The van der Waals surface area contributed by atoms with Gasteiger partial charge in [-0.25, -0.2) is 0 Å². The fourth-order valence-corrected chi connectivity index (χ4v) is 2.26. The summed E-state index contributed by atoms with van der Waals surface area (Å²) in [5.74, 6) is 0.631. The van der Waals surface area contributed by atoms with Crippen molar-refractivity contribution in [3.8, 4) is 0 Å². The minimum Gasteiger partial charge on any atom is -0.329 e. The SMILES string of the molecule is Cc1ccc(SC(CN)C(C)C)cc1. The van der Waals surface area contributed by atoms with Crippen molar-refractivity contribution in [2.45, 2.75) is 30.9 Å². The van der Waals surface area contributed by atoms with E-state index < -0.39 is 0 Å². The van der Waals surface area contributed by atoms with Crippen molar-refractivity contribution in [3.05, 3.63) is 29.8 Å². The molecule has 1 unspecified atom stereocenters. The summed E-state index contributed by atoms with van der Waals surface area (Å²) in [7, 11) is 0. The first-order valence-corrected chi connectivity index (χ1v) is 5.95. The molecule has 0 spiro atoms. The van der Waals surface area contributed by atoms with Crippen molar-refractivity contribution in [2.24, 2.45) is 11.7 Å². The molecule has 0 aliphatic rings. The van der Waals surface area contributed by atoms with Crippen molar-refractivity contribution < 1.29 is 0 Å². The van der Waals surface area contributed by atoms with Crippen LogP contribution in [0.2, 0.25) is 0 Å². The lowest BCUT2D eigenvalue weighted by atomic mass is 10.1. The Bertz CT molecular complexity index is 266. The highest BCUT2D eigenvalue weighted by Crippen LogP contribution is 2.27. The van der Waals surface area contributed by atoms with Crippen LogP contribution in [-0.4, -0.2) is 11.8 Å². The standard InChI is InChI=1S/C12H19NS/c1-9(2)12(8-13)14-11-6-4-10(3)5-7-11/h4-7,9,12H,8,13H2,1-3H3. The lowest BCUT2D eigenvalue weighted by molar-refractivity contribution is 0.613. The van der Waals surface area contributed by atoms with Crippen molar-refractivity contribution in [2.75, 3.05) is 6.54 Å². The summed E-state index contributed by atoms with van der Waals surface area (Å²) >= 11 is 1.88. The van der Waals surface area contributed by atoms with Crippen molar-refractivity contribution in [1.29, 1.82) is 0 Å². The van der Waals surface area contributed by atoms with E-state index in [1.54, 1.807) is 0 Å². The molecule has 0 bridgehead atoms. The molecule has 0 radical (unpaired) electrons. The first-order valence-electron chi connectivity index (χ1n) is 5.07. The third-order valence-corrected chi connectivity index (χ3v) is 3.87. The van der Waals surface area contributed by atoms with Gasteiger partial charge in [0.2, 0.25) is 0 Å². The molecule has 0 amide bonds. The maximum Gasteiger partial charge on any atom is 0.0240 e. The summed E-state index contributed by atoms with van der Waals surface area (Å²) in [5, 5.41) is 0.526. The van der Waals surface area contributed by atoms with E-state index in [0.717, 1.165) is 6.54 Å². The van der Waals surface area contributed by atoms with E-state index in [9.17, 15) is 0 Å². The number of thioether (sulfide) groups is 1. The summed E-state index contributed by atoms with van der Waals surface area (Å²) < 4.78 is 0. The molecule has 0 fully saturated rings. The fraction of sp³-hybridized carbons (Fsp3) is 0.500. The average molecular weight is 209 g/mol. The van der Waals surface area contributed by atoms with Gasteiger partial charge >= 0.3 is 0 Å². The Kier molecular flexibility index (Phi) is 4.49. The third kappa shape index (κ3) is 3.35. The minimum absolute atomic E-state index is 0.526. The Morgan fingerprint density at radius 3 is 2.21 bits per heavy atom. The molecule has 1 aromatic carbocycles. The second-order valence-corrected chi connectivity index (χ2v) is 5.26. The van der Waals surface area contributed by atoms with Gasteiger partial charge in [-0.15, -0.1) is 11.8 Å². The van der Waals surface area contributed by atoms with E-state index in [0.29, 0.717) is 11.2 Å². The van der Waals surface area contributed by atoms with Crippen LogP contribution in [-0.2, 0) is 0 Å². The van der Waals surface area contributed by atoms with Gasteiger partial charge in [0.1, 0.15) is 0 Å². The number of nitrogens with two attached hydrogens (primary N) is 1. The minimum atomic E-state index is 0.526. The fourth-order valence-electron chi connectivity index (χ4n) is 1.25. The zero-order chi connectivity index (χ0) is 10.6. The monoisotopic (exact) mass is 209 g/mol. The Morgan fingerprint density at radius 1 is 1.21 bits per heavy atom. The molecule has 2 N–H and O–H groups in total. The van der Waals surface area contributed by atoms with E-state index in [1.165, 1.54) is 10.5 Å². The van der Waals surface area contributed by atoms with E-state index in [-0.39, 0.29) is 0 Å². The summed E-state index contributed by atoms with van der Waals surface area (Å²) in [6, 6.07) is 8.64. The van der Waals surface area contributed by atoms with E-state index in [2.05, 4.69) is 45.0 Å². The van der Waals surface area contributed by atoms with E-state index in [4.69, 9.17) is 5.73 Å². The largest absolute Gasteiger partial charge is 0.329 e. The number of rotatable bonds is 4. The normalized spacial score (nSPS) is 13.2. The Morgan fingerprint density at radius 2 is 1.79 bits per heavy atom. The maximum atomic E-state index is 5.73. The molecule has 1 nitrogen and oxygen atoms in total. The summed E-state index contributed by atoms with van der Waals surface area (Å²) in [6.45, 7) is 7.30. The van der Waals surface area contributed by atoms with E-state index in [1.807, 2.05) is 11.8 Å². The molecule has 1 atom stereocenters. The molecule has 1 aromatic rings. The molecule has 0 heterocycles. The van der Waals surface area contributed by atoms with E-state index >= 15 is 0 Å². The third-order valence-electron chi connectivity index (χ3n) is 2.28. The van der Waals surface area contributed by atoms with Crippen molar-refractivity contribution in [3.63, 3.8) is 0 Å². The molecule has 1 rings (SSSR count). The number of aryl methyl sites for hydroxylation is 1. The molecule has 2 heteroatoms. The molecule has 14 heavy (non-hydrogen) atoms. The van der Waals surface area contributed by atoms with Gasteiger partial charge in [0, 0.05) is 16.7 Å². The summed E-state index contributed by atoms with van der Waals surface area (Å²) in [4.78, 5) is 1.32. The van der Waals surface area contributed by atoms with Crippen LogP contribution in [0.4, 0.5) is 0 Å². The number of hydrogen-bond donors (Lipinski definition) is 1. The molecule has 0 aliphatic heterocycles. The Hall–Kier alpha value is -0.470. The first-order chi connectivity index (χ1) is 6.63. The smallest absolute Gasteiger partial charge is 0.0240 e. The second-order valence-electron chi connectivity index (χ2n) is 3.95. The second kappa shape index (κ2) is 5.42. The van der Waals surface area contributed by atoms with Gasteiger partial charge in [-0.05, 0) is 25.0 Å². The topological polar surface area (TPSA) is 26.0 Å². The van der Waals surface area contributed by atoms with Gasteiger partial charge in [0.15, 0.2) is 0 Å². The molecule has 0 aliphatic carbocycles. The Balaban J connectivity index is 2.63. The molecule has 0 saturated heterocycles. The van der Waals surface area contributed by atoms with Gasteiger partial charge in [-0.2, -0.15) is 0 Å². The van der Waals surface area contributed by atoms with Crippen molar-refractivity contribution >= 4 is 11.8 Å². The zero-order valence-electron chi connectivity index (χ0n) is 9.16. The highest BCUT2D eigenvalue weighted by molar-refractivity contribution is 8.00. The highest BCUT2D eigenvalue weighted by Gasteiger charge is 2.12. The molecule has 0 aromatic heterocycles. The van der Waals surface area contributed by atoms with Crippen molar-refractivity contribution in [1.82, 2.24) is 0 Å². The average Bonchev–Trinajstić information content (AvgIpc) is 2.16. The maximum absolute atomic E-state index is 5.73. The predicted molar refractivity (Wildman–Crippen MR) is 64.7 cm³/mol. The summed E-state index contributed by atoms with van der Waals surface area (Å²) in [5.41, 5.74) is 7.04. The first kappa shape index (κ1) is 11.6. The van der Waals surface area contributed by atoms with Crippen LogP contribution in [0.15, 0.2) is 29.2 Å². The van der Waals surface area contributed by atoms with Gasteiger partial charge in [-0.3, -0.25) is 0 Å². The highest BCUT2D eigenvalue weighted by atomic mass is 32.2. The Labute approximate surface area is 91.1 Å². The zero-order valence-corrected chi connectivity index (χ0v) is 9.97.